The molecule has 0 fully saturated rings. The number of carbonyl (C=O) groups is 1. The summed E-state index contributed by atoms with van der Waals surface area (Å²) in [4.78, 5) is 12.1. The quantitative estimate of drug-likeness (QED) is 0.730. The standard InChI is InChI=1S/C19H19ClN4O/c1-13-8-9-15(10-16(13)18-17(20)12-22-24(18)2)23-19(25)21-11-14-6-4-3-5-7-14/h3-10,12H,11H2,1-2H3,(H2,21,23,25). The predicted octanol–water partition coefficient (Wildman–Crippen LogP) is 4.37. The molecule has 0 aliphatic carbocycles. The minimum absolute atomic E-state index is 0.255. The molecule has 2 amide bonds. The molecule has 0 aliphatic rings. The Labute approximate surface area is 151 Å². The van der Waals surface area contributed by atoms with Crippen molar-refractivity contribution in [1.82, 2.24) is 15.1 Å². The smallest absolute Gasteiger partial charge is 0.319 e. The first-order valence-corrected chi connectivity index (χ1v) is 8.29. The van der Waals surface area contributed by atoms with Gasteiger partial charge >= 0.3 is 6.03 Å². The summed E-state index contributed by atoms with van der Waals surface area (Å²) in [5, 5.41) is 10.5. The highest BCUT2D eigenvalue weighted by molar-refractivity contribution is 6.33. The van der Waals surface area contributed by atoms with Crippen molar-refractivity contribution in [3.05, 3.63) is 70.9 Å². The molecular formula is C19H19ClN4O. The van der Waals surface area contributed by atoms with Crippen LogP contribution < -0.4 is 10.6 Å². The summed E-state index contributed by atoms with van der Waals surface area (Å²) < 4.78 is 1.73. The Kier molecular flexibility index (Phi) is 5.05. The van der Waals surface area contributed by atoms with E-state index in [2.05, 4.69) is 15.7 Å². The highest BCUT2D eigenvalue weighted by Crippen LogP contribution is 2.31. The number of rotatable bonds is 4. The van der Waals surface area contributed by atoms with E-state index in [1.807, 2.05) is 62.5 Å². The number of hydrogen-bond donors (Lipinski definition) is 2. The van der Waals surface area contributed by atoms with Gasteiger partial charge in [-0.15, -0.1) is 0 Å². The lowest BCUT2D eigenvalue weighted by atomic mass is 10.0. The van der Waals surface area contributed by atoms with E-state index in [4.69, 9.17) is 11.6 Å². The topological polar surface area (TPSA) is 59.0 Å². The molecule has 2 N–H and O–H groups in total. The Morgan fingerprint density at radius 2 is 1.96 bits per heavy atom. The maximum atomic E-state index is 12.1. The molecule has 0 unspecified atom stereocenters. The van der Waals surface area contributed by atoms with Crippen molar-refractivity contribution in [2.24, 2.45) is 7.05 Å². The molecule has 0 bridgehead atoms. The Morgan fingerprint density at radius 1 is 1.20 bits per heavy atom. The van der Waals surface area contributed by atoms with Gasteiger partial charge < -0.3 is 10.6 Å². The number of hydrogen-bond acceptors (Lipinski definition) is 2. The molecular weight excluding hydrogens is 336 g/mol. The van der Waals surface area contributed by atoms with Gasteiger partial charge in [-0.05, 0) is 30.2 Å². The lowest BCUT2D eigenvalue weighted by Crippen LogP contribution is -2.28. The fraction of sp³-hybridized carbons (Fsp3) is 0.158. The summed E-state index contributed by atoms with van der Waals surface area (Å²) >= 11 is 6.24. The van der Waals surface area contributed by atoms with Crippen molar-refractivity contribution in [3.63, 3.8) is 0 Å². The second-order valence-corrected chi connectivity index (χ2v) is 6.19. The zero-order chi connectivity index (χ0) is 17.8. The minimum Gasteiger partial charge on any atom is -0.334 e. The Balaban J connectivity index is 1.73. The molecule has 0 spiro atoms. The van der Waals surface area contributed by atoms with Crippen LogP contribution in [0.4, 0.5) is 10.5 Å². The molecule has 1 aromatic heterocycles. The molecule has 0 radical (unpaired) electrons. The summed E-state index contributed by atoms with van der Waals surface area (Å²) in [5.41, 5.74) is 4.56. The van der Waals surface area contributed by atoms with Crippen molar-refractivity contribution in [2.75, 3.05) is 5.32 Å². The third-order valence-electron chi connectivity index (χ3n) is 3.94. The van der Waals surface area contributed by atoms with E-state index in [-0.39, 0.29) is 6.03 Å². The Bertz CT molecular complexity index is 870. The van der Waals surface area contributed by atoms with Crippen molar-refractivity contribution in [3.8, 4) is 11.3 Å². The number of amides is 2. The fourth-order valence-corrected chi connectivity index (χ4v) is 2.89. The molecule has 0 saturated carbocycles. The van der Waals surface area contributed by atoms with E-state index in [0.29, 0.717) is 17.3 Å². The molecule has 0 atom stereocenters. The number of benzene rings is 2. The van der Waals surface area contributed by atoms with Crippen LogP contribution in [-0.2, 0) is 13.6 Å². The number of nitrogens with zero attached hydrogens (tertiary/aromatic N) is 2. The molecule has 6 heteroatoms. The molecule has 2 aromatic carbocycles. The highest BCUT2D eigenvalue weighted by atomic mass is 35.5. The normalized spacial score (nSPS) is 10.5. The summed E-state index contributed by atoms with van der Waals surface area (Å²) in [6.07, 6.45) is 1.61. The van der Waals surface area contributed by atoms with E-state index in [1.165, 1.54) is 0 Å². The lowest BCUT2D eigenvalue weighted by molar-refractivity contribution is 0.251. The maximum Gasteiger partial charge on any atom is 0.319 e. The molecule has 0 aliphatic heterocycles. The van der Waals surface area contributed by atoms with Crippen molar-refractivity contribution in [1.29, 1.82) is 0 Å². The van der Waals surface area contributed by atoms with Crippen LogP contribution in [0.5, 0.6) is 0 Å². The first kappa shape index (κ1) is 17.0. The highest BCUT2D eigenvalue weighted by Gasteiger charge is 2.13. The van der Waals surface area contributed by atoms with Gasteiger partial charge in [0.2, 0.25) is 0 Å². The SMILES string of the molecule is Cc1ccc(NC(=O)NCc2ccccc2)cc1-c1c(Cl)cnn1C. The average molecular weight is 355 g/mol. The zero-order valence-electron chi connectivity index (χ0n) is 14.1. The summed E-state index contributed by atoms with van der Waals surface area (Å²) in [6.45, 7) is 2.47. The zero-order valence-corrected chi connectivity index (χ0v) is 14.8. The van der Waals surface area contributed by atoms with Crippen molar-refractivity contribution in [2.45, 2.75) is 13.5 Å². The lowest BCUT2D eigenvalue weighted by Gasteiger charge is -2.12. The number of nitrogens with one attached hydrogen (secondary N) is 2. The van der Waals surface area contributed by atoms with Gasteiger partial charge in [-0.3, -0.25) is 4.68 Å². The van der Waals surface area contributed by atoms with Gasteiger partial charge in [0.15, 0.2) is 0 Å². The van der Waals surface area contributed by atoms with Gasteiger partial charge in [-0.2, -0.15) is 5.10 Å². The van der Waals surface area contributed by atoms with Gasteiger partial charge in [0.25, 0.3) is 0 Å². The number of halogens is 1. The van der Waals surface area contributed by atoms with E-state index < -0.39 is 0 Å². The van der Waals surface area contributed by atoms with Crippen LogP contribution in [0.3, 0.4) is 0 Å². The third-order valence-corrected chi connectivity index (χ3v) is 4.22. The number of aromatic nitrogens is 2. The second-order valence-electron chi connectivity index (χ2n) is 5.79. The first-order valence-electron chi connectivity index (χ1n) is 7.92. The molecule has 1 heterocycles. The van der Waals surface area contributed by atoms with E-state index in [1.54, 1.807) is 10.9 Å². The van der Waals surface area contributed by atoms with Crippen LogP contribution in [0.2, 0.25) is 5.02 Å². The molecule has 3 aromatic rings. The third kappa shape index (κ3) is 4.00. The van der Waals surface area contributed by atoms with Crippen LogP contribution in [0.1, 0.15) is 11.1 Å². The van der Waals surface area contributed by atoms with Crippen LogP contribution in [0, 0.1) is 6.92 Å². The van der Waals surface area contributed by atoms with Crippen molar-refractivity contribution >= 4 is 23.3 Å². The fourth-order valence-electron chi connectivity index (χ4n) is 2.62. The monoisotopic (exact) mass is 354 g/mol. The predicted molar refractivity (Wildman–Crippen MR) is 101 cm³/mol. The van der Waals surface area contributed by atoms with Crippen molar-refractivity contribution < 1.29 is 4.79 Å². The summed E-state index contributed by atoms with van der Waals surface area (Å²) in [5.74, 6) is 0. The van der Waals surface area contributed by atoms with Gasteiger partial charge in [-0.1, -0.05) is 48.0 Å². The molecule has 128 valence electrons. The molecule has 25 heavy (non-hydrogen) atoms. The average Bonchev–Trinajstić information content (AvgIpc) is 2.94. The van der Waals surface area contributed by atoms with E-state index in [9.17, 15) is 4.79 Å². The number of carbonyl (C=O) groups excluding carboxylic acids is 1. The minimum atomic E-state index is -0.255. The first-order chi connectivity index (χ1) is 12.0. The second kappa shape index (κ2) is 7.40. The van der Waals surface area contributed by atoms with Crippen LogP contribution >= 0.6 is 11.6 Å². The van der Waals surface area contributed by atoms with E-state index >= 15 is 0 Å². The number of aryl methyl sites for hydroxylation is 2. The van der Waals surface area contributed by atoms with Crippen LogP contribution in [0.15, 0.2) is 54.7 Å². The van der Waals surface area contributed by atoms with Gasteiger partial charge in [0.1, 0.15) is 0 Å². The summed E-state index contributed by atoms with van der Waals surface area (Å²) in [7, 11) is 1.84. The van der Waals surface area contributed by atoms with Crippen LogP contribution in [0.25, 0.3) is 11.3 Å². The maximum absolute atomic E-state index is 12.1. The Morgan fingerprint density at radius 3 is 2.64 bits per heavy atom. The Hall–Kier alpha value is -2.79. The largest absolute Gasteiger partial charge is 0.334 e. The van der Waals surface area contributed by atoms with Gasteiger partial charge in [-0.25, -0.2) is 4.79 Å². The molecule has 5 nitrogen and oxygen atoms in total. The molecule has 0 saturated heterocycles. The molecule has 3 rings (SSSR count). The van der Waals surface area contributed by atoms with Gasteiger partial charge in [0, 0.05) is 24.8 Å². The number of anilines is 1. The number of urea groups is 1. The van der Waals surface area contributed by atoms with Crippen LogP contribution in [-0.4, -0.2) is 15.8 Å². The van der Waals surface area contributed by atoms with E-state index in [0.717, 1.165) is 22.4 Å². The summed E-state index contributed by atoms with van der Waals surface area (Å²) in [6, 6.07) is 15.2. The van der Waals surface area contributed by atoms with Gasteiger partial charge in [0.05, 0.1) is 16.9 Å².